The number of hydrogen-bond donors (Lipinski definition) is 6. The lowest BCUT2D eigenvalue weighted by atomic mass is 9.86. The third-order valence-electron chi connectivity index (χ3n) is 5.60. The lowest BCUT2D eigenvalue weighted by Gasteiger charge is -2.20. The highest BCUT2D eigenvalue weighted by atomic mass is 16.5. The molecule has 10 heteroatoms. The van der Waals surface area contributed by atoms with E-state index in [1.807, 2.05) is 0 Å². The molecule has 0 aliphatic heterocycles. The monoisotopic (exact) mass is 480 g/mol. The molecule has 3 aromatic carbocycles. The highest BCUT2D eigenvalue weighted by Gasteiger charge is 2.30. The van der Waals surface area contributed by atoms with E-state index in [-0.39, 0.29) is 28.9 Å². The number of carbonyl (C=O) groups excluding carboxylic acids is 1. The molecule has 4 rings (SSSR count). The minimum absolute atomic E-state index is 0.00690. The van der Waals surface area contributed by atoms with E-state index >= 15 is 0 Å². The fourth-order valence-electron chi connectivity index (χ4n) is 3.92. The molecular formula is C25H20O10. The number of methoxy groups -OCH3 is 1. The van der Waals surface area contributed by atoms with Gasteiger partial charge in [0.15, 0.2) is 17.3 Å². The van der Waals surface area contributed by atoms with Crippen molar-refractivity contribution in [1.82, 2.24) is 0 Å². The molecule has 0 saturated carbocycles. The van der Waals surface area contributed by atoms with E-state index < -0.39 is 57.2 Å². The van der Waals surface area contributed by atoms with E-state index in [1.165, 1.54) is 31.4 Å². The molecule has 0 spiro atoms. The molecular weight excluding hydrogens is 460 g/mol. The minimum atomic E-state index is -1.04. The predicted molar refractivity (Wildman–Crippen MR) is 123 cm³/mol. The fraction of sp³-hybridized carbons (Fsp3) is 0.120. The first-order valence-electron chi connectivity index (χ1n) is 10.2. The van der Waals surface area contributed by atoms with Crippen LogP contribution in [-0.4, -0.2) is 43.7 Å². The Morgan fingerprint density at radius 1 is 0.914 bits per heavy atom. The van der Waals surface area contributed by atoms with Gasteiger partial charge in [0.1, 0.15) is 28.2 Å². The number of esters is 1. The number of carbonyl (C=O) groups is 1. The average molecular weight is 480 g/mol. The van der Waals surface area contributed by atoms with Gasteiger partial charge in [-0.3, -0.25) is 9.59 Å². The predicted octanol–water partition coefficient (Wildman–Crippen LogP) is 3.39. The molecule has 180 valence electrons. The zero-order valence-corrected chi connectivity index (χ0v) is 18.2. The van der Waals surface area contributed by atoms with Crippen molar-refractivity contribution in [3.63, 3.8) is 0 Å². The van der Waals surface area contributed by atoms with E-state index in [0.717, 1.165) is 18.2 Å². The Balaban J connectivity index is 2.09. The van der Waals surface area contributed by atoms with Gasteiger partial charge in [0.2, 0.25) is 11.2 Å². The van der Waals surface area contributed by atoms with E-state index in [9.17, 15) is 40.2 Å². The van der Waals surface area contributed by atoms with Crippen LogP contribution in [0.25, 0.3) is 22.3 Å². The van der Waals surface area contributed by atoms with Gasteiger partial charge in [-0.2, -0.15) is 0 Å². The standard InChI is InChI=1S/C25H20O10/c1-34-19(31)9-14(11-3-2-4-13(26)7-11)20-17(29)10-18(30)21-22(32)23(33)24(35-25(20)21)12-5-6-15(27)16(28)8-12/h2-8,10,14,26-30,33H,9H2,1H3. The van der Waals surface area contributed by atoms with Crippen LogP contribution >= 0.6 is 0 Å². The first kappa shape index (κ1) is 23.3. The molecule has 0 radical (unpaired) electrons. The summed E-state index contributed by atoms with van der Waals surface area (Å²) in [5, 5.41) is 60.7. The van der Waals surface area contributed by atoms with Crippen LogP contribution in [-0.2, 0) is 9.53 Å². The highest BCUT2D eigenvalue weighted by molar-refractivity contribution is 5.92. The van der Waals surface area contributed by atoms with Crippen LogP contribution in [0.5, 0.6) is 34.5 Å². The van der Waals surface area contributed by atoms with E-state index in [4.69, 9.17) is 9.15 Å². The Labute approximate surface area is 197 Å². The molecule has 1 heterocycles. The van der Waals surface area contributed by atoms with Crippen molar-refractivity contribution in [1.29, 1.82) is 0 Å². The summed E-state index contributed by atoms with van der Waals surface area (Å²) in [4.78, 5) is 25.3. The molecule has 4 aromatic rings. The summed E-state index contributed by atoms with van der Waals surface area (Å²) in [5.41, 5.74) is -1.11. The number of hydrogen-bond acceptors (Lipinski definition) is 10. The van der Waals surface area contributed by atoms with E-state index in [1.54, 1.807) is 6.07 Å². The van der Waals surface area contributed by atoms with Crippen molar-refractivity contribution in [2.75, 3.05) is 7.11 Å². The normalized spacial score (nSPS) is 11.9. The number of aromatic hydroxyl groups is 6. The first-order valence-corrected chi connectivity index (χ1v) is 10.2. The number of benzene rings is 3. The van der Waals surface area contributed by atoms with Crippen molar-refractivity contribution in [3.05, 3.63) is 69.9 Å². The van der Waals surface area contributed by atoms with Gasteiger partial charge in [-0.1, -0.05) is 12.1 Å². The summed E-state index contributed by atoms with van der Waals surface area (Å²) in [6.45, 7) is 0. The summed E-state index contributed by atoms with van der Waals surface area (Å²) >= 11 is 0. The quantitative estimate of drug-likeness (QED) is 0.183. The number of phenols is 5. The molecule has 1 unspecified atom stereocenters. The van der Waals surface area contributed by atoms with Crippen molar-refractivity contribution >= 4 is 16.9 Å². The average Bonchev–Trinajstić information content (AvgIpc) is 2.81. The zero-order valence-electron chi connectivity index (χ0n) is 18.2. The van der Waals surface area contributed by atoms with Gasteiger partial charge in [0.25, 0.3) is 0 Å². The second-order valence-corrected chi connectivity index (χ2v) is 7.77. The molecule has 0 bridgehead atoms. The fourth-order valence-corrected chi connectivity index (χ4v) is 3.92. The summed E-state index contributed by atoms with van der Waals surface area (Å²) in [7, 11) is 1.17. The van der Waals surface area contributed by atoms with Crippen molar-refractivity contribution < 1.29 is 44.6 Å². The molecule has 1 aromatic heterocycles. The zero-order chi connectivity index (χ0) is 25.4. The minimum Gasteiger partial charge on any atom is -0.508 e. The van der Waals surface area contributed by atoms with Crippen LogP contribution in [0.3, 0.4) is 0 Å². The van der Waals surface area contributed by atoms with Crippen LogP contribution in [0.1, 0.15) is 23.5 Å². The maximum atomic E-state index is 13.1. The second-order valence-electron chi connectivity index (χ2n) is 7.77. The Morgan fingerprint density at radius 3 is 2.31 bits per heavy atom. The third kappa shape index (κ3) is 4.12. The molecule has 10 nitrogen and oxygen atoms in total. The molecule has 0 amide bonds. The SMILES string of the molecule is COC(=O)CC(c1cccc(O)c1)c1c(O)cc(O)c2c(=O)c(O)c(-c3ccc(O)c(O)c3)oc12. The number of phenolic OH excluding ortho intramolecular Hbond substituents is 5. The molecule has 6 N–H and O–H groups in total. The van der Waals surface area contributed by atoms with Gasteiger partial charge in [-0.05, 0) is 35.9 Å². The Hall–Kier alpha value is -4.86. The molecule has 1 atom stereocenters. The summed E-state index contributed by atoms with van der Waals surface area (Å²) in [5.74, 6) is -5.33. The van der Waals surface area contributed by atoms with Gasteiger partial charge in [-0.25, -0.2) is 0 Å². The van der Waals surface area contributed by atoms with Crippen LogP contribution < -0.4 is 5.43 Å². The van der Waals surface area contributed by atoms with E-state index in [0.29, 0.717) is 5.56 Å². The van der Waals surface area contributed by atoms with Crippen LogP contribution in [0.2, 0.25) is 0 Å². The molecule has 0 saturated heterocycles. The van der Waals surface area contributed by atoms with Gasteiger partial charge >= 0.3 is 5.97 Å². The van der Waals surface area contributed by atoms with Crippen molar-refractivity contribution in [2.45, 2.75) is 12.3 Å². The van der Waals surface area contributed by atoms with Gasteiger partial charge < -0.3 is 39.8 Å². The number of rotatable bonds is 5. The van der Waals surface area contributed by atoms with Gasteiger partial charge in [0.05, 0.1) is 13.5 Å². The lowest BCUT2D eigenvalue weighted by molar-refractivity contribution is -0.140. The molecule has 0 aliphatic rings. The maximum Gasteiger partial charge on any atom is 0.306 e. The molecule has 0 aliphatic carbocycles. The first-order chi connectivity index (χ1) is 16.6. The summed E-state index contributed by atoms with van der Waals surface area (Å²) < 4.78 is 10.6. The van der Waals surface area contributed by atoms with Crippen LogP contribution in [0.4, 0.5) is 0 Å². The Kier molecular flexibility index (Phi) is 5.87. The number of fused-ring (bicyclic) bond motifs is 1. The molecule has 0 fully saturated rings. The van der Waals surface area contributed by atoms with Crippen LogP contribution in [0.15, 0.2) is 57.7 Å². The Bertz CT molecular complexity index is 1520. The Morgan fingerprint density at radius 2 is 1.66 bits per heavy atom. The smallest absolute Gasteiger partial charge is 0.306 e. The summed E-state index contributed by atoms with van der Waals surface area (Å²) in [6.07, 6.45) is -0.340. The largest absolute Gasteiger partial charge is 0.508 e. The lowest BCUT2D eigenvalue weighted by Crippen LogP contribution is -2.12. The topological polar surface area (TPSA) is 178 Å². The van der Waals surface area contributed by atoms with Gasteiger partial charge in [-0.15, -0.1) is 0 Å². The molecule has 35 heavy (non-hydrogen) atoms. The highest BCUT2D eigenvalue weighted by Crippen LogP contribution is 2.45. The van der Waals surface area contributed by atoms with Crippen molar-refractivity contribution in [3.8, 4) is 45.8 Å². The second kappa shape index (κ2) is 8.82. The van der Waals surface area contributed by atoms with Gasteiger partial charge in [0, 0.05) is 23.1 Å². The van der Waals surface area contributed by atoms with Crippen molar-refractivity contribution in [2.24, 2.45) is 0 Å². The maximum absolute atomic E-state index is 13.1. The van der Waals surface area contributed by atoms with E-state index in [2.05, 4.69) is 0 Å². The third-order valence-corrected chi connectivity index (χ3v) is 5.60. The van der Waals surface area contributed by atoms with Crippen LogP contribution in [0, 0.1) is 0 Å². The number of ether oxygens (including phenoxy) is 1. The summed E-state index contributed by atoms with van der Waals surface area (Å²) in [6, 6.07) is 10.1.